The van der Waals surface area contributed by atoms with Gasteiger partial charge in [-0.25, -0.2) is 0 Å². The lowest BCUT2D eigenvalue weighted by Gasteiger charge is -2.35. The van der Waals surface area contributed by atoms with Gasteiger partial charge in [-0.05, 0) is 68.5 Å². The van der Waals surface area contributed by atoms with Crippen LogP contribution < -0.4 is 0 Å². The van der Waals surface area contributed by atoms with E-state index in [0.717, 1.165) is 5.92 Å². The molecule has 1 nitrogen and oxygen atoms in total. The number of nitrogens with zero attached hydrogens (tertiary/aromatic N) is 1. The van der Waals surface area contributed by atoms with Gasteiger partial charge < -0.3 is 4.90 Å². The molecule has 1 rings (SSSR count). The monoisotopic (exact) mass is 309 g/mol. The van der Waals surface area contributed by atoms with Crippen LogP contribution in [0.4, 0.5) is 0 Å². The highest BCUT2D eigenvalue weighted by molar-refractivity contribution is 4.76. The number of likely N-dealkylation sites (tertiary alicyclic amines) is 1. The molecular formula is C21H43N. The van der Waals surface area contributed by atoms with E-state index in [0.29, 0.717) is 10.8 Å². The second-order valence-corrected chi connectivity index (χ2v) is 10.1. The third-order valence-electron chi connectivity index (χ3n) is 5.01. The van der Waals surface area contributed by atoms with Crippen LogP contribution in [0.5, 0.6) is 0 Å². The first-order valence-electron chi connectivity index (χ1n) is 9.88. The predicted octanol–water partition coefficient (Wildman–Crippen LogP) is 6.52. The van der Waals surface area contributed by atoms with Gasteiger partial charge in [0.2, 0.25) is 0 Å². The Morgan fingerprint density at radius 2 is 1.27 bits per heavy atom. The third-order valence-corrected chi connectivity index (χ3v) is 5.01. The fourth-order valence-electron chi connectivity index (χ4n) is 3.80. The van der Waals surface area contributed by atoms with Crippen LogP contribution in [0.1, 0.15) is 99.3 Å². The van der Waals surface area contributed by atoms with Crippen LogP contribution in [0.25, 0.3) is 0 Å². The van der Waals surface area contributed by atoms with E-state index in [1.54, 1.807) is 0 Å². The van der Waals surface area contributed by atoms with Crippen molar-refractivity contribution in [2.45, 2.75) is 99.3 Å². The number of piperidine rings is 1. The maximum Gasteiger partial charge on any atom is -0.00161 e. The van der Waals surface area contributed by atoms with Crippen LogP contribution in [-0.4, -0.2) is 24.5 Å². The van der Waals surface area contributed by atoms with Crippen molar-refractivity contribution in [1.29, 1.82) is 0 Å². The van der Waals surface area contributed by atoms with E-state index >= 15 is 0 Å². The van der Waals surface area contributed by atoms with E-state index < -0.39 is 0 Å². The molecular weight excluding hydrogens is 266 g/mol. The molecule has 1 aliphatic heterocycles. The molecule has 0 bridgehead atoms. The Kier molecular flexibility index (Phi) is 8.46. The van der Waals surface area contributed by atoms with Gasteiger partial charge in [0.1, 0.15) is 0 Å². The minimum atomic E-state index is 0.514. The van der Waals surface area contributed by atoms with Crippen LogP contribution in [-0.2, 0) is 0 Å². The van der Waals surface area contributed by atoms with Gasteiger partial charge in [-0.3, -0.25) is 0 Å². The summed E-state index contributed by atoms with van der Waals surface area (Å²) in [5.74, 6) is 0.980. The summed E-state index contributed by atoms with van der Waals surface area (Å²) in [5.41, 5.74) is 1.04. The molecule has 0 aromatic heterocycles. The Labute approximate surface area is 141 Å². The van der Waals surface area contributed by atoms with Crippen molar-refractivity contribution < 1.29 is 0 Å². The normalized spacial score (nSPS) is 18.8. The van der Waals surface area contributed by atoms with Crippen molar-refractivity contribution in [3.63, 3.8) is 0 Å². The maximum atomic E-state index is 2.72. The highest BCUT2D eigenvalue weighted by Gasteiger charge is 2.23. The molecule has 1 heteroatoms. The van der Waals surface area contributed by atoms with Gasteiger partial charge in [0.25, 0.3) is 0 Å². The Balaban J connectivity index is 1.97. The van der Waals surface area contributed by atoms with Crippen molar-refractivity contribution >= 4 is 0 Å². The molecule has 1 saturated heterocycles. The van der Waals surface area contributed by atoms with Crippen molar-refractivity contribution in [2.75, 3.05) is 19.6 Å². The van der Waals surface area contributed by atoms with Gasteiger partial charge in [0.15, 0.2) is 0 Å². The Bertz CT molecular complexity index is 273. The zero-order valence-corrected chi connectivity index (χ0v) is 16.5. The molecule has 1 fully saturated rings. The summed E-state index contributed by atoms with van der Waals surface area (Å²) in [6, 6.07) is 0. The largest absolute Gasteiger partial charge is 0.303 e. The SMILES string of the molecule is CC(C)(C)CCCCCCCN1CCC(CC(C)(C)C)CC1. The number of rotatable bonds is 8. The molecule has 22 heavy (non-hydrogen) atoms. The standard InChI is InChI=1S/C21H43N/c1-20(2,3)14-10-8-7-9-11-15-22-16-12-19(13-17-22)18-21(4,5)6/h19H,7-18H2,1-6H3. The molecule has 0 radical (unpaired) electrons. The third kappa shape index (κ3) is 10.6. The Morgan fingerprint density at radius 1 is 0.727 bits per heavy atom. The van der Waals surface area contributed by atoms with Crippen molar-refractivity contribution in [2.24, 2.45) is 16.7 Å². The summed E-state index contributed by atoms with van der Waals surface area (Å²) in [4.78, 5) is 2.72. The number of unbranched alkanes of at least 4 members (excludes halogenated alkanes) is 4. The number of hydrogen-bond donors (Lipinski definition) is 0. The van der Waals surface area contributed by atoms with Crippen LogP contribution in [0.15, 0.2) is 0 Å². The van der Waals surface area contributed by atoms with E-state index in [-0.39, 0.29) is 0 Å². The smallest absolute Gasteiger partial charge is 0.00161 e. The van der Waals surface area contributed by atoms with E-state index in [1.165, 1.54) is 77.4 Å². The molecule has 1 heterocycles. The summed E-state index contributed by atoms with van der Waals surface area (Å²) in [6.45, 7) is 18.3. The number of hydrogen-bond acceptors (Lipinski definition) is 1. The molecule has 0 aromatic carbocycles. The molecule has 0 spiro atoms. The average Bonchev–Trinajstić information content (AvgIpc) is 2.36. The van der Waals surface area contributed by atoms with Gasteiger partial charge in [0, 0.05) is 0 Å². The van der Waals surface area contributed by atoms with Crippen LogP contribution in [0.3, 0.4) is 0 Å². The highest BCUT2D eigenvalue weighted by atomic mass is 15.1. The van der Waals surface area contributed by atoms with Gasteiger partial charge in [-0.2, -0.15) is 0 Å². The summed E-state index contributed by atoms with van der Waals surface area (Å²) < 4.78 is 0. The van der Waals surface area contributed by atoms with Crippen LogP contribution in [0.2, 0.25) is 0 Å². The van der Waals surface area contributed by atoms with Crippen molar-refractivity contribution in [1.82, 2.24) is 4.90 Å². The summed E-state index contributed by atoms with van der Waals surface area (Å²) in [7, 11) is 0. The van der Waals surface area contributed by atoms with Crippen molar-refractivity contribution in [3.05, 3.63) is 0 Å². The van der Waals surface area contributed by atoms with Gasteiger partial charge in [-0.1, -0.05) is 67.2 Å². The first-order valence-corrected chi connectivity index (χ1v) is 9.88. The maximum absolute atomic E-state index is 2.72. The van der Waals surface area contributed by atoms with E-state index in [9.17, 15) is 0 Å². The molecule has 0 saturated carbocycles. The highest BCUT2D eigenvalue weighted by Crippen LogP contribution is 2.31. The fraction of sp³-hybridized carbons (Fsp3) is 1.00. The molecule has 0 aromatic rings. The second kappa shape index (κ2) is 9.30. The topological polar surface area (TPSA) is 3.24 Å². The molecule has 0 amide bonds. The lowest BCUT2D eigenvalue weighted by molar-refractivity contribution is 0.150. The van der Waals surface area contributed by atoms with Gasteiger partial charge in [-0.15, -0.1) is 0 Å². The molecule has 0 unspecified atom stereocenters. The van der Waals surface area contributed by atoms with E-state index in [1.807, 2.05) is 0 Å². The first-order chi connectivity index (χ1) is 10.2. The lowest BCUT2D eigenvalue weighted by Crippen LogP contribution is -2.35. The lowest BCUT2D eigenvalue weighted by atomic mass is 9.80. The molecule has 132 valence electrons. The predicted molar refractivity (Wildman–Crippen MR) is 100 cm³/mol. The van der Waals surface area contributed by atoms with Gasteiger partial charge in [0.05, 0.1) is 0 Å². The zero-order valence-electron chi connectivity index (χ0n) is 16.5. The molecule has 1 aliphatic rings. The molecule has 0 N–H and O–H groups in total. The zero-order chi connectivity index (χ0) is 16.6. The second-order valence-electron chi connectivity index (χ2n) is 10.1. The first kappa shape index (κ1) is 20.0. The minimum absolute atomic E-state index is 0.514. The van der Waals surface area contributed by atoms with Gasteiger partial charge >= 0.3 is 0 Å². The fourth-order valence-corrected chi connectivity index (χ4v) is 3.80. The van der Waals surface area contributed by atoms with Crippen LogP contribution in [0, 0.1) is 16.7 Å². The van der Waals surface area contributed by atoms with E-state index in [4.69, 9.17) is 0 Å². The Morgan fingerprint density at radius 3 is 1.82 bits per heavy atom. The molecule has 0 atom stereocenters. The minimum Gasteiger partial charge on any atom is -0.303 e. The molecule has 0 aliphatic carbocycles. The summed E-state index contributed by atoms with van der Waals surface area (Å²) in [6.07, 6.45) is 12.8. The average molecular weight is 310 g/mol. The summed E-state index contributed by atoms with van der Waals surface area (Å²) >= 11 is 0. The quantitative estimate of drug-likeness (QED) is 0.461. The summed E-state index contributed by atoms with van der Waals surface area (Å²) in [5, 5.41) is 0. The Hall–Kier alpha value is -0.0400. The van der Waals surface area contributed by atoms with Crippen LogP contribution >= 0.6 is 0 Å². The van der Waals surface area contributed by atoms with Crippen molar-refractivity contribution in [3.8, 4) is 0 Å². The van der Waals surface area contributed by atoms with E-state index in [2.05, 4.69) is 46.4 Å².